The van der Waals surface area contributed by atoms with Gasteiger partial charge in [0.2, 0.25) is 5.91 Å². The number of halogens is 7. The summed E-state index contributed by atoms with van der Waals surface area (Å²) in [5, 5.41) is 2.77. The zero-order valence-electron chi connectivity index (χ0n) is 17.7. The van der Waals surface area contributed by atoms with E-state index in [4.69, 9.17) is 34.8 Å². The second kappa shape index (κ2) is 9.45. The van der Waals surface area contributed by atoms with Crippen LogP contribution in [-0.2, 0) is 17.4 Å². The van der Waals surface area contributed by atoms with Gasteiger partial charge in [0, 0.05) is 23.6 Å². The van der Waals surface area contributed by atoms with Crippen LogP contribution in [0.1, 0.15) is 33.0 Å². The van der Waals surface area contributed by atoms with Crippen LogP contribution in [0, 0.1) is 11.7 Å². The van der Waals surface area contributed by atoms with Gasteiger partial charge >= 0.3 is 6.18 Å². The number of nitrogens with one attached hydrogen (secondary N) is 1. The molecule has 0 aliphatic heterocycles. The zero-order chi connectivity index (χ0) is 25.5. The third-order valence-electron chi connectivity index (χ3n) is 5.72. The number of anilines is 1. The summed E-state index contributed by atoms with van der Waals surface area (Å²) in [6, 6.07) is 14.2. The number of hydrogen-bond donors (Lipinski definition) is 1. The van der Waals surface area contributed by atoms with E-state index in [2.05, 4.69) is 5.32 Å². The Labute approximate surface area is 213 Å². The Kier molecular flexibility index (Phi) is 6.88. The van der Waals surface area contributed by atoms with Crippen molar-refractivity contribution in [3.8, 4) is 0 Å². The van der Waals surface area contributed by atoms with Crippen LogP contribution in [0.2, 0.25) is 5.02 Å². The lowest BCUT2D eigenvalue weighted by molar-refractivity contribution is -0.137. The summed E-state index contributed by atoms with van der Waals surface area (Å²) < 4.78 is 50.7. The van der Waals surface area contributed by atoms with Crippen LogP contribution in [0.25, 0.3) is 0 Å². The SMILES string of the molecule is O=C(Cc1ccc(F)cc1)c1cc(NC(=O)C2C(c3cccc(C(F)(F)F)c3)C2(Cl)Cl)ccc1Cl. The fraction of sp³-hybridized carbons (Fsp3) is 0.200. The van der Waals surface area contributed by atoms with E-state index in [1.54, 1.807) is 0 Å². The molecule has 0 radical (unpaired) electrons. The van der Waals surface area contributed by atoms with Crippen LogP contribution in [0.3, 0.4) is 0 Å². The first kappa shape index (κ1) is 25.5. The predicted molar refractivity (Wildman–Crippen MR) is 127 cm³/mol. The zero-order valence-corrected chi connectivity index (χ0v) is 19.9. The fourth-order valence-electron chi connectivity index (χ4n) is 3.90. The Balaban J connectivity index is 1.50. The van der Waals surface area contributed by atoms with Gasteiger partial charge in [-0.1, -0.05) is 41.9 Å². The van der Waals surface area contributed by atoms with E-state index in [1.165, 1.54) is 54.6 Å². The minimum atomic E-state index is -4.55. The van der Waals surface area contributed by atoms with Crippen molar-refractivity contribution in [2.24, 2.45) is 5.92 Å². The number of amides is 1. The lowest BCUT2D eigenvalue weighted by atomic mass is 10.0. The molecule has 3 aromatic rings. The van der Waals surface area contributed by atoms with Crippen LogP contribution >= 0.6 is 34.8 Å². The Morgan fingerprint density at radius 2 is 1.66 bits per heavy atom. The lowest BCUT2D eigenvalue weighted by Crippen LogP contribution is -2.17. The van der Waals surface area contributed by atoms with E-state index in [-0.39, 0.29) is 34.0 Å². The van der Waals surface area contributed by atoms with E-state index < -0.39 is 39.6 Å². The van der Waals surface area contributed by atoms with Gasteiger partial charge in [0.1, 0.15) is 10.2 Å². The topological polar surface area (TPSA) is 46.2 Å². The Hall–Kier alpha value is -2.61. The van der Waals surface area contributed by atoms with Crippen molar-refractivity contribution < 1.29 is 27.2 Å². The highest BCUT2D eigenvalue weighted by Crippen LogP contribution is 2.65. The molecule has 0 saturated heterocycles. The third-order valence-corrected chi connectivity index (χ3v) is 6.99. The van der Waals surface area contributed by atoms with Gasteiger partial charge < -0.3 is 5.32 Å². The summed E-state index contributed by atoms with van der Waals surface area (Å²) >= 11 is 18.7. The van der Waals surface area contributed by atoms with E-state index in [0.717, 1.165) is 12.1 Å². The molecule has 3 nitrogen and oxygen atoms in total. The quantitative estimate of drug-likeness (QED) is 0.199. The number of rotatable bonds is 6. The smallest absolute Gasteiger partial charge is 0.326 e. The maximum Gasteiger partial charge on any atom is 0.416 e. The second-order valence-corrected chi connectivity index (χ2v) is 10.0. The van der Waals surface area contributed by atoms with Gasteiger partial charge in [-0.3, -0.25) is 9.59 Å². The molecule has 2 atom stereocenters. The molecule has 0 heterocycles. The number of Topliss-reactive ketones (excluding diaryl/α,β-unsaturated/α-hetero) is 1. The Morgan fingerprint density at radius 1 is 0.971 bits per heavy atom. The number of alkyl halides is 5. The molecule has 0 aromatic heterocycles. The van der Waals surface area contributed by atoms with Gasteiger partial charge in [0.05, 0.1) is 16.5 Å². The van der Waals surface area contributed by atoms with Crippen LogP contribution in [0.15, 0.2) is 66.7 Å². The summed E-state index contributed by atoms with van der Waals surface area (Å²) in [5.74, 6) is -3.25. The van der Waals surface area contributed by atoms with E-state index >= 15 is 0 Å². The van der Waals surface area contributed by atoms with Crippen molar-refractivity contribution in [1.82, 2.24) is 0 Å². The maximum absolute atomic E-state index is 13.1. The molecular weight excluding hydrogens is 529 g/mol. The highest BCUT2D eigenvalue weighted by Gasteiger charge is 2.67. The number of ketones is 1. The average Bonchev–Trinajstić information content (AvgIpc) is 3.38. The third kappa shape index (κ3) is 5.47. The van der Waals surface area contributed by atoms with Crippen molar-refractivity contribution in [2.45, 2.75) is 22.8 Å². The second-order valence-electron chi connectivity index (χ2n) is 8.16. The van der Waals surface area contributed by atoms with Crippen LogP contribution in [0.5, 0.6) is 0 Å². The minimum absolute atomic E-state index is 0.0376. The number of benzene rings is 3. The van der Waals surface area contributed by atoms with E-state index in [0.29, 0.717) is 5.56 Å². The molecule has 1 N–H and O–H groups in total. The molecule has 4 rings (SSSR count). The normalized spacial score (nSPS) is 18.7. The summed E-state index contributed by atoms with van der Waals surface area (Å²) in [6.07, 6.45) is -4.59. The number of carbonyl (C=O) groups excluding carboxylic acids is 2. The first-order valence-corrected chi connectivity index (χ1v) is 11.4. The molecule has 1 aliphatic carbocycles. The molecule has 1 amide bonds. The van der Waals surface area contributed by atoms with Crippen molar-refractivity contribution >= 4 is 52.2 Å². The molecule has 182 valence electrons. The van der Waals surface area contributed by atoms with Crippen molar-refractivity contribution in [2.75, 3.05) is 5.32 Å². The van der Waals surface area contributed by atoms with Gasteiger partial charge in [0.25, 0.3) is 0 Å². The summed E-state index contributed by atoms with van der Waals surface area (Å²) in [6.45, 7) is 0. The van der Waals surface area contributed by atoms with Gasteiger partial charge in [-0.05, 0) is 47.5 Å². The number of hydrogen-bond acceptors (Lipinski definition) is 2. The predicted octanol–water partition coefficient (Wildman–Crippen LogP) is 7.45. The molecule has 1 saturated carbocycles. The largest absolute Gasteiger partial charge is 0.416 e. The van der Waals surface area contributed by atoms with Gasteiger partial charge in [0.15, 0.2) is 5.78 Å². The summed E-state index contributed by atoms with van der Waals surface area (Å²) in [4.78, 5) is 25.6. The highest BCUT2D eigenvalue weighted by atomic mass is 35.5. The van der Waals surface area contributed by atoms with Crippen LogP contribution in [-0.4, -0.2) is 16.0 Å². The molecule has 1 fully saturated rings. The first-order valence-electron chi connectivity index (χ1n) is 10.3. The molecule has 0 spiro atoms. The molecule has 2 unspecified atom stereocenters. The Morgan fingerprint density at radius 3 is 2.31 bits per heavy atom. The monoisotopic (exact) mass is 543 g/mol. The molecule has 0 bridgehead atoms. The van der Waals surface area contributed by atoms with Crippen LogP contribution in [0.4, 0.5) is 23.2 Å². The summed E-state index contributed by atoms with van der Waals surface area (Å²) in [5.41, 5.74) is 0.282. The highest BCUT2D eigenvalue weighted by molar-refractivity contribution is 6.53. The van der Waals surface area contributed by atoms with E-state index in [1.807, 2.05) is 0 Å². The van der Waals surface area contributed by atoms with Crippen molar-refractivity contribution in [3.05, 3.63) is 99.8 Å². The first-order chi connectivity index (χ1) is 16.4. The Bertz CT molecular complexity index is 1290. The molecule has 10 heteroatoms. The molecule has 35 heavy (non-hydrogen) atoms. The molecular formula is C25H16Cl3F4NO2. The minimum Gasteiger partial charge on any atom is -0.326 e. The van der Waals surface area contributed by atoms with Crippen molar-refractivity contribution in [3.63, 3.8) is 0 Å². The lowest BCUT2D eigenvalue weighted by Gasteiger charge is -2.10. The van der Waals surface area contributed by atoms with Crippen molar-refractivity contribution in [1.29, 1.82) is 0 Å². The summed E-state index contributed by atoms with van der Waals surface area (Å²) in [7, 11) is 0. The maximum atomic E-state index is 13.1. The van der Waals surface area contributed by atoms with Gasteiger partial charge in [-0.2, -0.15) is 13.2 Å². The fourth-order valence-corrected chi connectivity index (χ4v) is 4.95. The average molecular weight is 545 g/mol. The van der Waals surface area contributed by atoms with Gasteiger partial charge in [-0.25, -0.2) is 4.39 Å². The molecule has 1 aliphatic rings. The molecule has 3 aromatic carbocycles. The van der Waals surface area contributed by atoms with Crippen LogP contribution < -0.4 is 5.32 Å². The standard InChI is InChI=1S/C25H16Cl3F4NO2/c26-19-9-8-17(12-18(19)20(34)10-13-4-6-16(29)7-5-13)33-23(35)22-21(24(22,27)28)14-2-1-3-15(11-14)25(30,31)32/h1-9,11-12,21-22H,10H2,(H,33,35). The van der Waals surface area contributed by atoms with E-state index in [9.17, 15) is 27.2 Å². The van der Waals surface area contributed by atoms with Gasteiger partial charge in [-0.15, -0.1) is 23.2 Å². The number of carbonyl (C=O) groups is 2.